The van der Waals surface area contributed by atoms with Crippen LogP contribution in [0.25, 0.3) is 16.7 Å². The van der Waals surface area contributed by atoms with Crippen LogP contribution in [-0.4, -0.2) is 37.2 Å². The maximum absolute atomic E-state index is 5.68. The molecule has 0 aliphatic carbocycles. The molecular formula is C20H21NO. The Hall–Kier alpha value is -1.90. The van der Waals surface area contributed by atoms with Gasteiger partial charge >= 0.3 is 0 Å². The lowest BCUT2D eigenvalue weighted by molar-refractivity contribution is -0.0221. The van der Waals surface area contributed by atoms with Crippen LogP contribution in [0.3, 0.4) is 0 Å². The molecule has 2 bridgehead atoms. The highest BCUT2D eigenvalue weighted by Gasteiger charge is 2.32. The molecule has 22 heavy (non-hydrogen) atoms. The van der Waals surface area contributed by atoms with Gasteiger partial charge in [0.1, 0.15) is 0 Å². The van der Waals surface area contributed by atoms with Gasteiger partial charge in [-0.05, 0) is 35.7 Å². The van der Waals surface area contributed by atoms with Gasteiger partial charge in [0.05, 0.1) is 19.3 Å². The molecule has 0 saturated carbocycles. The third kappa shape index (κ3) is 2.49. The number of ether oxygens (including phenoxy) is 1. The van der Waals surface area contributed by atoms with Crippen molar-refractivity contribution in [3.63, 3.8) is 0 Å². The second kappa shape index (κ2) is 5.71. The molecule has 2 unspecified atom stereocenters. The summed E-state index contributed by atoms with van der Waals surface area (Å²) >= 11 is 0. The molecule has 2 heteroatoms. The van der Waals surface area contributed by atoms with Crippen LogP contribution in [-0.2, 0) is 4.74 Å². The first-order valence-corrected chi connectivity index (χ1v) is 7.97. The first-order valence-electron chi connectivity index (χ1n) is 7.97. The van der Waals surface area contributed by atoms with Crippen LogP contribution >= 0.6 is 0 Å². The van der Waals surface area contributed by atoms with E-state index in [0.717, 1.165) is 19.6 Å². The lowest BCUT2D eigenvalue weighted by Gasteiger charge is -2.42. The summed E-state index contributed by atoms with van der Waals surface area (Å²) < 4.78 is 5.68. The van der Waals surface area contributed by atoms with Gasteiger partial charge in [-0.2, -0.15) is 0 Å². The lowest BCUT2D eigenvalue weighted by Crippen LogP contribution is -2.51. The average molecular weight is 291 g/mol. The van der Waals surface area contributed by atoms with E-state index in [4.69, 9.17) is 4.74 Å². The summed E-state index contributed by atoms with van der Waals surface area (Å²) in [6, 6.07) is 20.5. The van der Waals surface area contributed by atoms with Crippen molar-refractivity contribution < 1.29 is 4.74 Å². The Morgan fingerprint density at radius 1 is 0.864 bits per heavy atom. The van der Waals surface area contributed by atoms with Gasteiger partial charge in [-0.15, -0.1) is 0 Å². The van der Waals surface area contributed by atoms with Gasteiger partial charge in [0.25, 0.3) is 0 Å². The fraction of sp³-hybridized carbons (Fsp3) is 0.300. The van der Waals surface area contributed by atoms with E-state index < -0.39 is 0 Å². The van der Waals surface area contributed by atoms with Crippen LogP contribution in [0.1, 0.15) is 12.0 Å². The Morgan fingerprint density at radius 3 is 2.27 bits per heavy atom. The Balaban J connectivity index is 1.61. The van der Waals surface area contributed by atoms with E-state index >= 15 is 0 Å². The fourth-order valence-electron chi connectivity index (χ4n) is 3.47. The molecule has 2 heterocycles. The van der Waals surface area contributed by atoms with Crippen molar-refractivity contribution >= 4 is 5.57 Å². The zero-order chi connectivity index (χ0) is 14.9. The number of benzene rings is 2. The molecule has 0 amide bonds. The van der Waals surface area contributed by atoms with Crippen molar-refractivity contribution in [3.05, 3.63) is 66.2 Å². The number of fused-ring (bicyclic) bond motifs is 2. The second-order valence-corrected chi connectivity index (χ2v) is 6.26. The zero-order valence-electron chi connectivity index (χ0n) is 12.9. The summed E-state index contributed by atoms with van der Waals surface area (Å²) in [6.07, 6.45) is 3.46. The van der Waals surface area contributed by atoms with Crippen LogP contribution in [0, 0.1) is 0 Å². The molecule has 2 aromatic rings. The molecule has 1 fully saturated rings. The maximum Gasteiger partial charge on any atom is 0.0658 e. The number of hydrogen-bond acceptors (Lipinski definition) is 2. The Labute approximate surface area is 132 Å². The van der Waals surface area contributed by atoms with Gasteiger partial charge in [-0.3, -0.25) is 4.90 Å². The van der Waals surface area contributed by atoms with Crippen LogP contribution < -0.4 is 0 Å². The number of hydrogen-bond donors (Lipinski definition) is 0. The minimum atomic E-state index is 0.427. The van der Waals surface area contributed by atoms with Gasteiger partial charge in [-0.1, -0.05) is 60.7 Å². The molecule has 0 radical (unpaired) electrons. The van der Waals surface area contributed by atoms with Gasteiger partial charge in [0.2, 0.25) is 0 Å². The number of rotatable bonds is 2. The number of likely N-dealkylation sites (N-methyl/N-ethyl adjacent to an activating group) is 1. The van der Waals surface area contributed by atoms with Gasteiger partial charge in [-0.25, -0.2) is 0 Å². The standard InChI is InChI=1S/C20H21NO/c1-21-19-11-18(12-20(21)14-22-13-19)17-9-7-16(8-10-17)15-5-3-2-4-6-15/h2-11,19-20H,12-14H2,1H3. The maximum atomic E-state index is 5.68. The van der Waals surface area contributed by atoms with Crippen molar-refractivity contribution in [2.45, 2.75) is 18.5 Å². The monoisotopic (exact) mass is 291 g/mol. The highest BCUT2D eigenvalue weighted by molar-refractivity contribution is 5.71. The minimum Gasteiger partial charge on any atom is -0.378 e. The summed E-state index contributed by atoms with van der Waals surface area (Å²) in [5.41, 5.74) is 5.37. The largest absolute Gasteiger partial charge is 0.378 e. The van der Waals surface area contributed by atoms with Crippen LogP contribution in [0.4, 0.5) is 0 Å². The molecule has 2 aromatic carbocycles. The molecule has 0 N–H and O–H groups in total. The van der Waals surface area contributed by atoms with Crippen molar-refractivity contribution in [1.82, 2.24) is 4.90 Å². The highest BCUT2D eigenvalue weighted by atomic mass is 16.5. The molecule has 112 valence electrons. The van der Waals surface area contributed by atoms with Crippen molar-refractivity contribution in [2.75, 3.05) is 20.3 Å². The van der Waals surface area contributed by atoms with Crippen molar-refractivity contribution in [3.8, 4) is 11.1 Å². The highest BCUT2D eigenvalue weighted by Crippen LogP contribution is 2.32. The summed E-state index contributed by atoms with van der Waals surface area (Å²) in [6.45, 7) is 1.67. The first kappa shape index (κ1) is 13.7. The quantitative estimate of drug-likeness (QED) is 0.833. The molecule has 2 atom stereocenters. The summed E-state index contributed by atoms with van der Waals surface area (Å²) in [4.78, 5) is 2.45. The molecule has 2 aliphatic rings. The van der Waals surface area contributed by atoms with Crippen molar-refractivity contribution in [2.24, 2.45) is 0 Å². The van der Waals surface area contributed by atoms with E-state index in [0.29, 0.717) is 12.1 Å². The van der Waals surface area contributed by atoms with E-state index in [1.807, 2.05) is 0 Å². The van der Waals surface area contributed by atoms with Crippen LogP contribution in [0.15, 0.2) is 60.7 Å². The Morgan fingerprint density at radius 2 is 1.55 bits per heavy atom. The van der Waals surface area contributed by atoms with Crippen LogP contribution in [0.5, 0.6) is 0 Å². The number of morpholine rings is 1. The molecule has 1 saturated heterocycles. The third-order valence-electron chi connectivity index (χ3n) is 4.91. The Bertz CT molecular complexity index is 675. The van der Waals surface area contributed by atoms with E-state index in [1.165, 1.54) is 22.3 Å². The first-order chi connectivity index (χ1) is 10.8. The van der Waals surface area contributed by atoms with Crippen molar-refractivity contribution in [1.29, 1.82) is 0 Å². The smallest absolute Gasteiger partial charge is 0.0658 e. The molecule has 2 aliphatic heterocycles. The van der Waals surface area contributed by atoms with E-state index in [1.54, 1.807) is 0 Å². The SMILES string of the molecule is CN1C2C=C(c3ccc(-c4ccccc4)cc3)CC1COC2. The minimum absolute atomic E-state index is 0.427. The molecular weight excluding hydrogens is 270 g/mol. The normalized spacial score (nSPS) is 24.9. The molecule has 4 rings (SSSR count). The average Bonchev–Trinajstić information content (AvgIpc) is 2.56. The summed E-state index contributed by atoms with van der Waals surface area (Å²) in [5, 5.41) is 0. The van der Waals surface area contributed by atoms with E-state index in [-0.39, 0.29) is 0 Å². The predicted octanol–water partition coefficient (Wildman–Crippen LogP) is 3.84. The van der Waals surface area contributed by atoms with E-state index in [2.05, 4.69) is 72.6 Å². The van der Waals surface area contributed by atoms with Gasteiger partial charge < -0.3 is 4.74 Å². The summed E-state index contributed by atoms with van der Waals surface area (Å²) in [5.74, 6) is 0. The van der Waals surface area contributed by atoms with Gasteiger partial charge in [0.15, 0.2) is 0 Å². The second-order valence-electron chi connectivity index (χ2n) is 6.26. The van der Waals surface area contributed by atoms with Gasteiger partial charge in [0, 0.05) is 6.04 Å². The third-order valence-corrected chi connectivity index (χ3v) is 4.91. The predicted molar refractivity (Wildman–Crippen MR) is 90.6 cm³/mol. The Kier molecular flexibility index (Phi) is 3.57. The molecule has 2 nitrogen and oxygen atoms in total. The molecule has 0 spiro atoms. The lowest BCUT2D eigenvalue weighted by atomic mass is 9.89. The fourth-order valence-corrected chi connectivity index (χ4v) is 3.47. The number of nitrogens with zero attached hydrogens (tertiary/aromatic N) is 1. The van der Waals surface area contributed by atoms with Crippen LogP contribution in [0.2, 0.25) is 0 Å². The van der Waals surface area contributed by atoms with E-state index in [9.17, 15) is 0 Å². The zero-order valence-corrected chi connectivity index (χ0v) is 12.9. The summed E-state index contributed by atoms with van der Waals surface area (Å²) in [7, 11) is 2.21. The topological polar surface area (TPSA) is 12.5 Å². The molecule has 0 aromatic heterocycles.